The number of anilines is 2. The zero-order valence-electron chi connectivity index (χ0n) is 16.0. The molecule has 2 aromatic heterocycles. The molecular weight excluding hydrogens is 425 g/mol. The summed E-state index contributed by atoms with van der Waals surface area (Å²) in [5.74, 6) is -0.589. The molecule has 31 heavy (non-hydrogen) atoms. The Morgan fingerprint density at radius 1 is 1.19 bits per heavy atom. The second kappa shape index (κ2) is 7.55. The molecule has 1 aliphatic heterocycles. The maximum absolute atomic E-state index is 13.9. The van der Waals surface area contributed by atoms with Crippen LogP contribution < -0.4 is 9.64 Å². The number of nitrogens with zero attached hydrogens (tertiary/aromatic N) is 3. The molecule has 0 radical (unpaired) electrons. The average Bonchev–Trinajstić information content (AvgIpc) is 3.05. The van der Waals surface area contributed by atoms with E-state index in [0.29, 0.717) is 52.9 Å². The minimum atomic E-state index is -1.16. The van der Waals surface area contributed by atoms with E-state index in [-0.39, 0.29) is 17.0 Å². The summed E-state index contributed by atoms with van der Waals surface area (Å²) in [6.45, 7) is 0.952. The average molecular weight is 440 g/mol. The molecule has 156 valence electrons. The third kappa shape index (κ3) is 3.55. The molecule has 1 N–H and O–H groups in total. The van der Waals surface area contributed by atoms with E-state index >= 15 is 0 Å². The highest BCUT2D eigenvalue weighted by molar-refractivity contribution is 6.31. The van der Waals surface area contributed by atoms with Crippen molar-refractivity contribution in [2.24, 2.45) is 0 Å². The summed E-state index contributed by atoms with van der Waals surface area (Å²) in [6.07, 6.45) is 2.06. The van der Waals surface area contributed by atoms with Crippen LogP contribution in [0.25, 0.3) is 22.6 Å². The number of carboxylic acid groups (broad SMARTS) is 1. The molecule has 7 nitrogen and oxygen atoms in total. The number of pyridine rings is 1. The van der Waals surface area contributed by atoms with Crippen molar-refractivity contribution in [3.05, 3.63) is 65.1 Å². The van der Waals surface area contributed by atoms with Crippen LogP contribution in [0, 0.1) is 5.82 Å². The number of hydrogen-bond donors (Lipinski definition) is 1. The fourth-order valence-electron chi connectivity index (χ4n) is 3.54. The number of carbonyl (C=O) groups is 1. The molecule has 0 aliphatic carbocycles. The first kappa shape index (κ1) is 19.3. The number of oxazole rings is 1. The predicted molar refractivity (Wildman–Crippen MR) is 113 cm³/mol. The summed E-state index contributed by atoms with van der Waals surface area (Å²) in [5, 5.41) is 10.3. The van der Waals surface area contributed by atoms with Gasteiger partial charge in [0, 0.05) is 23.8 Å². The third-order valence-corrected chi connectivity index (χ3v) is 5.21. The van der Waals surface area contributed by atoms with E-state index in [1.807, 2.05) is 0 Å². The Labute approximate surface area is 180 Å². The van der Waals surface area contributed by atoms with Crippen LogP contribution in [0.3, 0.4) is 0 Å². The van der Waals surface area contributed by atoms with Crippen LogP contribution in [0.15, 0.2) is 53.1 Å². The van der Waals surface area contributed by atoms with E-state index in [9.17, 15) is 14.3 Å². The molecule has 0 unspecified atom stereocenters. The van der Waals surface area contributed by atoms with Gasteiger partial charge in [-0.1, -0.05) is 11.6 Å². The molecule has 4 aromatic rings. The second-order valence-corrected chi connectivity index (χ2v) is 7.43. The Balaban J connectivity index is 1.62. The lowest BCUT2D eigenvalue weighted by Crippen LogP contribution is -2.20. The van der Waals surface area contributed by atoms with E-state index in [1.165, 1.54) is 24.4 Å². The number of benzene rings is 2. The molecule has 0 atom stereocenters. The standard InChI is InChI=1S/C22H15ClFN3O4/c23-12-2-4-18-16(8-12)26-21(31-18)15-11-25-20(10-14(15)22(28)29)27-6-1-7-30-19-5-3-13(24)9-17(19)27/h2-5,8-11H,1,6-7H2,(H,28,29). The molecule has 5 rings (SSSR count). The van der Waals surface area contributed by atoms with Gasteiger partial charge in [-0.05, 0) is 42.8 Å². The first-order chi connectivity index (χ1) is 15.0. The van der Waals surface area contributed by atoms with Gasteiger partial charge in [-0.2, -0.15) is 0 Å². The van der Waals surface area contributed by atoms with Crippen molar-refractivity contribution in [1.29, 1.82) is 0 Å². The number of halogens is 2. The Morgan fingerprint density at radius 2 is 2.06 bits per heavy atom. The van der Waals surface area contributed by atoms with Gasteiger partial charge in [0.15, 0.2) is 5.58 Å². The van der Waals surface area contributed by atoms with E-state index < -0.39 is 11.8 Å². The monoisotopic (exact) mass is 439 g/mol. The molecule has 0 fully saturated rings. The second-order valence-electron chi connectivity index (χ2n) is 6.99. The number of rotatable bonds is 3. The molecule has 0 saturated heterocycles. The SMILES string of the molecule is O=C(O)c1cc(N2CCCOc3ccc(F)cc32)ncc1-c1nc2cc(Cl)ccc2o1. The zero-order chi connectivity index (χ0) is 21.5. The Morgan fingerprint density at radius 3 is 2.90 bits per heavy atom. The molecule has 0 amide bonds. The van der Waals surface area contributed by atoms with Gasteiger partial charge >= 0.3 is 5.97 Å². The van der Waals surface area contributed by atoms with Crippen molar-refractivity contribution in [1.82, 2.24) is 9.97 Å². The van der Waals surface area contributed by atoms with E-state index in [4.69, 9.17) is 20.8 Å². The molecule has 0 spiro atoms. The lowest BCUT2D eigenvalue weighted by atomic mass is 10.1. The first-order valence-electron chi connectivity index (χ1n) is 9.49. The normalized spacial score (nSPS) is 13.5. The topological polar surface area (TPSA) is 88.7 Å². The summed E-state index contributed by atoms with van der Waals surface area (Å²) >= 11 is 6.00. The Bertz CT molecular complexity index is 1320. The van der Waals surface area contributed by atoms with Crippen LogP contribution in [0.5, 0.6) is 5.75 Å². The molecule has 0 saturated carbocycles. The lowest BCUT2D eigenvalue weighted by Gasteiger charge is -2.23. The fraction of sp³-hybridized carbons (Fsp3) is 0.136. The van der Waals surface area contributed by atoms with Gasteiger partial charge in [0.25, 0.3) is 0 Å². The van der Waals surface area contributed by atoms with Crippen LogP contribution in [-0.4, -0.2) is 34.2 Å². The van der Waals surface area contributed by atoms with Crippen LogP contribution >= 0.6 is 11.6 Å². The van der Waals surface area contributed by atoms with Crippen LogP contribution in [0.1, 0.15) is 16.8 Å². The smallest absolute Gasteiger partial charge is 0.336 e. The van der Waals surface area contributed by atoms with Gasteiger partial charge in [-0.25, -0.2) is 19.2 Å². The number of aromatic nitrogens is 2. The Kier molecular flexibility index (Phi) is 4.71. The van der Waals surface area contributed by atoms with Gasteiger partial charge in [-0.15, -0.1) is 0 Å². The van der Waals surface area contributed by atoms with Crippen LogP contribution in [0.2, 0.25) is 5.02 Å². The summed E-state index contributed by atoms with van der Waals surface area (Å²) in [4.78, 5) is 22.6. The van der Waals surface area contributed by atoms with Crippen molar-refractivity contribution in [3.8, 4) is 17.2 Å². The summed E-state index contributed by atoms with van der Waals surface area (Å²) in [6, 6.07) is 10.6. The lowest BCUT2D eigenvalue weighted by molar-refractivity contribution is 0.0697. The number of ether oxygens (including phenoxy) is 1. The minimum absolute atomic E-state index is 0.0363. The summed E-state index contributed by atoms with van der Waals surface area (Å²) in [5.41, 5.74) is 1.68. The van der Waals surface area contributed by atoms with Gasteiger partial charge in [0.1, 0.15) is 22.9 Å². The van der Waals surface area contributed by atoms with Crippen molar-refractivity contribution in [3.63, 3.8) is 0 Å². The van der Waals surface area contributed by atoms with Crippen LogP contribution in [-0.2, 0) is 0 Å². The third-order valence-electron chi connectivity index (χ3n) is 4.97. The van der Waals surface area contributed by atoms with E-state index in [1.54, 1.807) is 29.2 Å². The number of carboxylic acids is 1. The van der Waals surface area contributed by atoms with Gasteiger partial charge in [-0.3, -0.25) is 0 Å². The van der Waals surface area contributed by atoms with E-state index in [0.717, 1.165) is 0 Å². The fourth-order valence-corrected chi connectivity index (χ4v) is 3.71. The molecule has 3 heterocycles. The molecule has 9 heteroatoms. The van der Waals surface area contributed by atoms with Crippen molar-refractivity contribution >= 4 is 40.2 Å². The Hall–Kier alpha value is -3.65. The summed E-state index contributed by atoms with van der Waals surface area (Å²) < 4.78 is 25.3. The number of hydrogen-bond acceptors (Lipinski definition) is 6. The van der Waals surface area contributed by atoms with Crippen molar-refractivity contribution in [2.75, 3.05) is 18.1 Å². The molecular formula is C22H15ClFN3O4. The maximum atomic E-state index is 13.9. The number of aromatic carboxylic acids is 1. The van der Waals surface area contributed by atoms with E-state index in [2.05, 4.69) is 9.97 Å². The number of fused-ring (bicyclic) bond motifs is 2. The molecule has 1 aliphatic rings. The van der Waals surface area contributed by atoms with Crippen molar-refractivity contribution < 1.29 is 23.4 Å². The highest BCUT2D eigenvalue weighted by atomic mass is 35.5. The minimum Gasteiger partial charge on any atom is -0.491 e. The highest BCUT2D eigenvalue weighted by Gasteiger charge is 2.24. The quantitative estimate of drug-likeness (QED) is 0.463. The summed E-state index contributed by atoms with van der Waals surface area (Å²) in [7, 11) is 0. The zero-order valence-corrected chi connectivity index (χ0v) is 16.8. The first-order valence-corrected chi connectivity index (χ1v) is 9.87. The predicted octanol–water partition coefficient (Wildman–Crippen LogP) is 5.30. The van der Waals surface area contributed by atoms with Crippen LogP contribution in [0.4, 0.5) is 15.9 Å². The van der Waals surface area contributed by atoms with Gasteiger partial charge in [0.05, 0.1) is 23.4 Å². The molecule has 2 aromatic carbocycles. The molecule has 0 bridgehead atoms. The largest absolute Gasteiger partial charge is 0.491 e. The van der Waals surface area contributed by atoms with Gasteiger partial charge < -0.3 is 19.2 Å². The van der Waals surface area contributed by atoms with Gasteiger partial charge in [0.2, 0.25) is 5.89 Å². The highest BCUT2D eigenvalue weighted by Crippen LogP contribution is 2.37. The maximum Gasteiger partial charge on any atom is 0.336 e. The van der Waals surface area contributed by atoms with Crippen molar-refractivity contribution in [2.45, 2.75) is 6.42 Å².